The minimum absolute atomic E-state index is 0.0418. The first-order valence-electron chi connectivity index (χ1n) is 9.54. The van der Waals surface area contributed by atoms with Crippen LogP contribution in [0.15, 0.2) is 54.9 Å². The fraction of sp³-hybridized carbons (Fsp3) is 0.130. The van der Waals surface area contributed by atoms with E-state index in [1.165, 1.54) is 7.11 Å². The summed E-state index contributed by atoms with van der Waals surface area (Å²) in [5.41, 5.74) is 4.03. The number of aromatic nitrogens is 2. The molecule has 0 aliphatic rings. The number of nitrogens with zero attached hydrogens (tertiary/aromatic N) is 2. The molecule has 1 radical (unpaired) electrons. The second-order valence-corrected chi connectivity index (χ2v) is 7.13. The summed E-state index contributed by atoms with van der Waals surface area (Å²) in [6.45, 7) is 0.484. The molecule has 0 saturated heterocycles. The third kappa shape index (κ3) is 4.47. The molecule has 0 unspecified atom stereocenters. The Morgan fingerprint density at radius 3 is 2.71 bits per heavy atom. The minimum Gasteiger partial charge on any atom is -0.503 e. The van der Waals surface area contributed by atoms with Gasteiger partial charge in [-0.05, 0) is 47.5 Å². The summed E-state index contributed by atoms with van der Waals surface area (Å²) in [4.78, 5) is 8.72. The van der Waals surface area contributed by atoms with Crippen LogP contribution < -0.4 is 15.4 Å². The molecular weight excluding hydrogens is 416 g/mol. The molecule has 2 aromatic heterocycles. The third-order valence-electron chi connectivity index (χ3n) is 4.71. The van der Waals surface area contributed by atoms with Crippen molar-refractivity contribution in [3.8, 4) is 22.6 Å². The fourth-order valence-electron chi connectivity index (χ4n) is 3.17. The van der Waals surface area contributed by atoms with Crippen LogP contribution in [-0.4, -0.2) is 40.4 Å². The number of anilines is 3. The molecule has 31 heavy (non-hydrogen) atoms. The maximum absolute atomic E-state index is 10.0. The molecular formula is C23H20ClN4O3. The number of fused-ring (bicyclic) bond motifs is 1. The lowest BCUT2D eigenvalue weighted by atomic mass is 10.0. The molecule has 2 heterocycles. The highest BCUT2D eigenvalue weighted by Crippen LogP contribution is 2.39. The van der Waals surface area contributed by atoms with E-state index in [1.54, 1.807) is 24.5 Å². The van der Waals surface area contributed by atoms with Gasteiger partial charge in [-0.3, -0.25) is 4.98 Å². The van der Waals surface area contributed by atoms with E-state index in [9.17, 15) is 5.11 Å². The number of hydrogen-bond acceptors (Lipinski definition) is 7. The van der Waals surface area contributed by atoms with Gasteiger partial charge in [0, 0.05) is 24.2 Å². The van der Waals surface area contributed by atoms with E-state index in [1.807, 2.05) is 30.3 Å². The number of ether oxygens (including phenoxy) is 1. The fourth-order valence-corrected chi connectivity index (χ4v) is 3.38. The van der Waals surface area contributed by atoms with Crippen LogP contribution in [0, 0.1) is 6.07 Å². The minimum atomic E-state index is -0.0875. The molecule has 4 rings (SSSR count). The number of halogens is 1. The van der Waals surface area contributed by atoms with Gasteiger partial charge in [0.2, 0.25) is 0 Å². The molecule has 0 fully saturated rings. The molecule has 0 aliphatic carbocycles. The maximum Gasteiger partial charge on any atom is 0.176 e. The molecule has 4 N–H and O–H groups in total. The molecule has 8 heteroatoms. The van der Waals surface area contributed by atoms with Gasteiger partial charge in [0.15, 0.2) is 11.5 Å². The van der Waals surface area contributed by atoms with E-state index in [2.05, 4.69) is 26.7 Å². The highest BCUT2D eigenvalue weighted by Gasteiger charge is 2.12. The normalized spacial score (nSPS) is 10.8. The lowest BCUT2D eigenvalue weighted by Crippen LogP contribution is -2.06. The van der Waals surface area contributed by atoms with Crippen molar-refractivity contribution in [2.45, 2.75) is 0 Å². The van der Waals surface area contributed by atoms with Crippen molar-refractivity contribution in [3.05, 3.63) is 65.9 Å². The lowest BCUT2D eigenvalue weighted by Gasteiger charge is -2.12. The summed E-state index contributed by atoms with van der Waals surface area (Å²) in [7, 11) is 1.48. The highest BCUT2D eigenvalue weighted by atomic mass is 35.5. The van der Waals surface area contributed by atoms with Gasteiger partial charge in [0.25, 0.3) is 0 Å². The third-order valence-corrected chi connectivity index (χ3v) is 5.00. The van der Waals surface area contributed by atoms with Gasteiger partial charge >= 0.3 is 0 Å². The van der Waals surface area contributed by atoms with Crippen LogP contribution in [-0.2, 0) is 0 Å². The second-order valence-electron chi connectivity index (χ2n) is 6.73. The number of benzene rings is 2. The van der Waals surface area contributed by atoms with Gasteiger partial charge in [-0.25, -0.2) is 4.98 Å². The molecule has 0 atom stereocenters. The molecule has 0 saturated carbocycles. The van der Waals surface area contributed by atoms with Crippen LogP contribution in [0.4, 0.5) is 17.2 Å². The number of pyridine rings is 2. The summed E-state index contributed by atoms with van der Waals surface area (Å²) in [5.74, 6) is 0.902. The Morgan fingerprint density at radius 1 is 1.10 bits per heavy atom. The first kappa shape index (κ1) is 20.7. The first-order valence-corrected chi connectivity index (χ1v) is 9.92. The number of methoxy groups -OCH3 is 1. The number of hydrogen-bond donors (Lipinski definition) is 4. The topological polar surface area (TPSA) is 99.5 Å². The van der Waals surface area contributed by atoms with Gasteiger partial charge in [-0.15, -0.1) is 0 Å². The van der Waals surface area contributed by atoms with Crippen LogP contribution >= 0.6 is 11.6 Å². The van der Waals surface area contributed by atoms with Gasteiger partial charge < -0.3 is 25.6 Å². The van der Waals surface area contributed by atoms with Crippen molar-refractivity contribution >= 4 is 39.7 Å². The van der Waals surface area contributed by atoms with Crippen molar-refractivity contribution in [3.63, 3.8) is 0 Å². The molecule has 7 nitrogen and oxygen atoms in total. The summed E-state index contributed by atoms with van der Waals surface area (Å²) in [5, 5.41) is 26.3. The van der Waals surface area contributed by atoms with Crippen molar-refractivity contribution < 1.29 is 14.9 Å². The Kier molecular flexibility index (Phi) is 6.06. The Bertz CT molecular complexity index is 1220. The molecule has 0 spiro atoms. The van der Waals surface area contributed by atoms with E-state index < -0.39 is 0 Å². The van der Waals surface area contributed by atoms with Crippen molar-refractivity contribution in [1.29, 1.82) is 0 Å². The monoisotopic (exact) mass is 435 g/mol. The highest BCUT2D eigenvalue weighted by molar-refractivity contribution is 6.32. The predicted octanol–water partition coefficient (Wildman–Crippen LogP) is 4.61. The maximum atomic E-state index is 10.0. The number of phenolic OH excluding ortho intramolecular Hbond substituents is 1. The Labute approximate surface area is 184 Å². The van der Waals surface area contributed by atoms with Crippen LogP contribution in [0.25, 0.3) is 22.0 Å². The standard InChI is InChI=1S/C23H20ClN4O3/c1-31-21-12-15(11-18(24)23(21)30)14-2-4-19-17(10-14)20(6-7-25-19)28-16-3-5-22(27-13-16)26-8-9-29/h2-5,7,10-13,29-30H,8-9H2,1H3,(H,25,28)(H,26,27). The van der Waals surface area contributed by atoms with Crippen LogP contribution in [0.1, 0.15) is 0 Å². The van der Waals surface area contributed by atoms with Crippen molar-refractivity contribution in [1.82, 2.24) is 9.97 Å². The molecule has 157 valence electrons. The van der Waals surface area contributed by atoms with E-state index in [-0.39, 0.29) is 17.4 Å². The Morgan fingerprint density at radius 2 is 1.97 bits per heavy atom. The summed E-state index contributed by atoms with van der Waals surface area (Å²) in [6.07, 6.45) is 3.32. The van der Waals surface area contributed by atoms with Crippen LogP contribution in [0.3, 0.4) is 0 Å². The van der Waals surface area contributed by atoms with Crippen molar-refractivity contribution in [2.24, 2.45) is 0 Å². The summed E-state index contributed by atoms with van der Waals surface area (Å²) < 4.78 is 5.22. The van der Waals surface area contributed by atoms with Gasteiger partial charge in [-0.2, -0.15) is 0 Å². The smallest absolute Gasteiger partial charge is 0.176 e. The quantitative estimate of drug-likeness (QED) is 0.336. The Balaban J connectivity index is 1.69. The van der Waals surface area contributed by atoms with E-state index in [0.717, 1.165) is 33.4 Å². The second kappa shape index (κ2) is 9.07. The number of nitrogens with one attached hydrogen (secondary N) is 2. The van der Waals surface area contributed by atoms with Gasteiger partial charge in [-0.1, -0.05) is 17.7 Å². The van der Waals surface area contributed by atoms with E-state index in [4.69, 9.17) is 21.4 Å². The summed E-state index contributed by atoms with van der Waals surface area (Å²) >= 11 is 6.16. The lowest BCUT2D eigenvalue weighted by molar-refractivity contribution is 0.311. The zero-order chi connectivity index (χ0) is 21.8. The van der Waals surface area contributed by atoms with E-state index in [0.29, 0.717) is 18.1 Å². The van der Waals surface area contributed by atoms with E-state index >= 15 is 0 Å². The zero-order valence-corrected chi connectivity index (χ0v) is 17.4. The molecule has 0 aliphatic heterocycles. The summed E-state index contributed by atoms with van der Waals surface area (Å²) in [6, 6.07) is 16.1. The number of aliphatic hydroxyl groups excluding tert-OH is 1. The molecule has 0 bridgehead atoms. The molecule has 0 amide bonds. The van der Waals surface area contributed by atoms with Gasteiger partial charge in [0.05, 0.1) is 41.8 Å². The molecule has 2 aromatic carbocycles. The predicted molar refractivity (Wildman–Crippen MR) is 122 cm³/mol. The average Bonchev–Trinajstić information content (AvgIpc) is 2.80. The van der Waals surface area contributed by atoms with Crippen molar-refractivity contribution in [2.75, 3.05) is 30.9 Å². The number of phenols is 1. The van der Waals surface area contributed by atoms with Crippen LogP contribution in [0.5, 0.6) is 11.5 Å². The Hall–Kier alpha value is -3.55. The van der Waals surface area contributed by atoms with Crippen LogP contribution in [0.2, 0.25) is 5.02 Å². The number of aromatic hydroxyl groups is 1. The SMILES string of the molecule is COc1cc(-c2ccc3nc[c]c(Nc4ccc(NCCO)nc4)c3c2)cc(Cl)c1O. The first-order chi connectivity index (χ1) is 15.1. The number of rotatable bonds is 7. The van der Waals surface area contributed by atoms with Gasteiger partial charge in [0.1, 0.15) is 5.82 Å². The largest absolute Gasteiger partial charge is 0.503 e. The molecule has 4 aromatic rings. The number of aliphatic hydroxyl groups is 1. The zero-order valence-electron chi connectivity index (χ0n) is 16.7. The average molecular weight is 436 g/mol.